The van der Waals surface area contributed by atoms with Crippen molar-refractivity contribution in [2.45, 2.75) is 39.7 Å². The van der Waals surface area contributed by atoms with E-state index in [1.807, 2.05) is 58.0 Å². The molecule has 112 valence electrons. The zero-order valence-corrected chi connectivity index (χ0v) is 13.0. The lowest BCUT2D eigenvalue weighted by Crippen LogP contribution is -2.05. The van der Waals surface area contributed by atoms with Gasteiger partial charge < -0.3 is 14.6 Å². The molecule has 1 N–H and O–H groups in total. The van der Waals surface area contributed by atoms with Gasteiger partial charge in [-0.15, -0.1) is 0 Å². The first kappa shape index (κ1) is 15.2. The topological polar surface area (TPSA) is 38.7 Å². The van der Waals surface area contributed by atoms with Gasteiger partial charge in [-0.1, -0.05) is 13.8 Å². The van der Waals surface area contributed by atoms with Crippen molar-refractivity contribution < 1.29 is 14.6 Å². The summed E-state index contributed by atoms with van der Waals surface area (Å²) in [5.74, 6) is 2.83. The maximum absolute atomic E-state index is 9.82. The van der Waals surface area contributed by atoms with E-state index < -0.39 is 0 Å². The summed E-state index contributed by atoms with van der Waals surface area (Å²) in [6.07, 6.45) is 0.155. The molecule has 3 nitrogen and oxygen atoms in total. The molecule has 0 spiro atoms. The first-order valence-electron chi connectivity index (χ1n) is 7.23. The van der Waals surface area contributed by atoms with Crippen LogP contribution in [0.2, 0.25) is 0 Å². The summed E-state index contributed by atoms with van der Waals surface area (Å²) in [6, 6.07) is 12.8. The summed E-state index contributed by atoms with van der Waals surface area (Å²) < 4.78 is 11.4. The summed E-state index contributed by atoms with van der Waals surface area (Å²) in [5.41, 5.74) is 0.882. The van der Waals surface area contributed by atoms with Gasteiger partial charge in [0.05, 0.1) is 6.10 Å². The fourth-order valence-corrected chi connectivity index (χ4v) is 2.05. The Morgan fingerprint density at radius 1 is 0.810 bits per heavy atom. The van der Waals surface area contributed by atoms with Crippen LogP contribution in [0.15, 0.2) is 42.5 Å². The molecule has 0 atom stereocenters. The number of hydrogen-bond acceptors (Lipinski definition) is 3. The first-order chi connectivity index (χ1) is 9.95. The Morgan fingerprint density at radius 2 is 1.38 bits per heavy atom. The molecule has 0 amide bonds. The van der Waals surface area contributed by atoms with E-state index in [1.54, 1.807) is 12.1 Å². The van der Waals surface area contributed by atoms with Crippen LogP contribution < -0.4 is 9.47 Å². The van der Waals surface area contributed by atoms with E-state index in [9.17, 15) is 5.11 Å². The summed E-state index contributed by atoms with van der Waals surface area (Å²) in [6.45, 7) is 8.07. The third kappa shape index (κ3) is 4.15. The van der Waals surface area contributed by atoms with Crippen LogP contribution in [0.1, 0.15) is 39.2 Å². The molecule has 2 rings (SSSR count). The molecule has 0 aliphatic rings. The first-order valence-corrected chi connectivity index (χ1v) is 7.23. The highest BCUT2D eigenvalue weighted by Gasteiger charge is 2.08. The van der Waals surface area contributed by atoms with Crippen LogP contribution in [0.4, 0.5) is 0 Å². The molecule has 2 aromatic carbocycles. The van der Waals surface area contributed by atoms with E-state index in [0.29, 0.717) is 11.5 Å². The van der Waals surface area contributed by atoms with E-state index in [2.05, 4.69) is 0 Å². The zero-order chi connectivity index (χ0) is 15.4. The van der Waals surface area contributed by atoms with Crippen LogP contribution >= 0.6 is 0 Å². The molecule has 3 heteroatoms. The van der Waals surface area contributed by atoms with Gasteiger partial charge in [0.1, 0.15) is 23.0 Å². The highest BCUT2D eigenvalue weighted by Crippen LogP contribution is 2.32. The number of ether oxygens (including phenoxy) is 2. The maximum atomic E-state index is 9.82. The molecular weight excluding hydrogens is 264 g/mol. The molecule has 21 heavy (non-hydrogen) atoms. The molecule has 0 aliphatic carbocycles. The molecular formula is C18H22O3. The second-order valence-corrected chi connectivity index (χ2v) is 5.62. The molecule has 2 aromatic rings. The monoisotopic (exact) mass is 286 g/mol. The van der Waals surface area contributed by atoms with Crippen LogP contribution in [0.3, 0.4) is 0 Å². The number of aromatic hydroxyl groups is 1. The van der Waals surface area contributed by atoms with Crippen molar-refractivity contribution in [3.8, 4) is 23.0 Å². The molecule has 0 saturated carbocycles. The lowest BCUT2D eigenvalue weighted by atomic mass is 10.0. The van der Waals surface area contributed by atoms with E-state index in [0.717, 1.165) is 17.1 Å². The van der Waals surface area contributed by atoms with Crippen LogP contribution in [-0.4, -0.2) is 11.2 Å². The third-order valence-corrected chi connectivity index (χ3v) is 3.05. The average molecular weight is 286 g/mol. The zero-order valence-electron chi connectivity index (χ0n) is 13.0. The van der Waals surface area contributed by atoms with Crippen molar-refractivity contribution in [2.75, 3.05) is 0 Å². The Balaban J connectivity index is 2.13. The Labute approximate surface area is 126 Å². The minimum atomic E-state index is 0.155. The van der Waals surface area contributed by atoms with Crippen LogP contribution in [-0.2, 0) is 0 Å². The number of phenols is 1. The summed E-state index contributed by atoms with van der Waals surface area (Å²) >= 11 is 0. The molecule has 0 saturated heterocycles. The van der Waals surface area contributed by atoms with E-state index >= 15 is 0 Å². The van der Waals surface area contributed by atoms with E-state index in [1.165, 1.54) is 0 Å². The van der Waals surface area contributed by atoms with Gasteiger partial charge in [-0.05, 0) is 62.2 Å². The Kier molecular flexibility index (Phi) is 4.73. The standard InChI is InChI=1S/C18H22O3/c1-12(2)17-11-16(9-10-18(17)19)21-15-7-5-14(6-8-15)20-13(3)4/h5-13,19H,1-4H3. The van der Waals surface area contributed by atoms with Gasteiger partial charge in [0.2, 0.25) is 0 Å². The lowest BCUT2D eigenvalue weighted by Gasteiger charge is -2.13. The van der Waals surface area contributed by atoms with Crippen LogP contribution in [0.5, 0.6) is 23.0 Å². The van der Waals surface area contributed by atoms with Crippen molar-refractivity contribution in [1.82, 2.24) is 0 Å². The van der Waals surface area contributed by atoms with Crippen molar-refractivity contribution in [3.05, 3.63) is 48.0 Å². The van der Waals surface area contributed by atoms with Gasteiger partial charge in [-0.2, -0.15) is 0 Å². The minimum absolute atomic E-state index is 0.155. The second-order valence-electron chi connectivity index (χ2n) is 5.62. The molecule has 0 aromatic heterocycles. The molecule has 0 radical (unpaired) electrons. The fourth-order valence-electron chi connectivity index (χ4n) is 2.05. The Hall–Kier alpha value is -2.16. The van der Waals surface area contributed by atoms with E-state index in [-0.39, 0.29) is 12.0 Å². The normalized spacial score (nSPS) is 11.0. The Morgan fingerprint density at radius 3 is 1.95 bits per heavy atom. The van der Waals surface area contributed by atoms with Gasteiger partial charge >= 0.3 is 0 Å². The summed E-state index contributed by atoms with van der Waals surface area (Å²) in [5, 5.41) is 9.82. The van der Waals surface area contributed by atoms with Crippen molar-refractivity contribution in [2.24, 2.45) is 0 Å². The summed E-state index contributed by atoms with van der Waals surface area (Å²) in [7, 11) is 0. The highest BCUT2D eigenvalue weighted by atomic mass is 16.5. The van der Waals surface area contributed by atoms with Gasteiger partial charge in [-0.25, -0.2) is 0 Å². The predicted octanol–water partition coefficient (Wildman–Crippen LogP) is 5.10. The maximum Gasteiger partial charge on any atom is 0.127 e. The fraction of sp³-hybridized carbons (Fsp3) is 0.333. The Bertz CT molecular complexity index is 586. The van der Waals surface area contributed by atoms with Gasteiger partial charge in [0.25, 0.3) is 0 Å². The van der Waals surface area contributed by atoms with Gasteiger partial charge in [0.15, 0.2) is 0 Å². The van der Waals surface area contributed by atoms with E-state index in [4.69, 9.17) is 9.47 Å². The number of benzene rings is 2. The number of phenolic OH excluding ortho intramolecular Hbond substituents is 1. The number of rotatable bonds is 5. The molecule has 0 unspecified atom stereocenters. The van der Waals surface area contributed by atoms with Gasteiger partial charge in [-0.3, -0.25) is 0 Å². The van der Waals surface area contributed by atoms with Gasteiger partial charge in [0, 0.05) is 5.56 Å². The van der Waals surface area contributed by atoms with Crippen molar-refractivity contribution in [3.63, 3.8) is 0 Å². The smallest absolute Gasteiger partial charge is 0.127 e. The molecule has 0 aliphatic heterocycles. The molecule has 0 heterocycles. The highest BCUT2D eigenvalue weighted by molar-refractivity contribution is 5.43. The number of hydrogen-bond donors (Lipinski definition) is 1. The summed E-state index contributed by atoms with van der Waals surface area (Å²) in [4.78, 5) is 0. The second kappa shape index (κ2) is 6.53. The van der Waals surface area contributed by atoms with Crippen molar-refractivity contribution in [1.29, 1.82) is 0 Å². The average Bonchev–Trinajstić information content (AvgIpc) is 2.42. The van der Waals surface area contributed by atoms with Crippen molar-refractivity contribution >= 4 is 0 Å². The lowest BCUT2D eigenvalue weighted by molar-refractivity contribution is 0.242. The predicted molar refractivity (Wildman–Crippen MR) is 84.5 cm³/mol. The van der Waals surface area contributed by atoms with Crippen LogP contribution in [0.25, 0.3) is 0 Å². The third-order valence-electron chi connectivity index (χ3n) is 3.05. The molecule has 0 bridgehead atoms. The molecule has 0 fully saturated rings. The minimum Gasteiger partial charge on any atom is -0.508 e. The quantitative estimate of drug-likeness (QED) is 0.831. The SMILES string of the molecule is CC(C)Oc1ccc(Oc2ccc(O)c(C(C)C)c2)cc1. The largest absolute Gasteiger partial charge is 0.508 e. The van der Waals surface area contributed by atoms with Crippen LogP contribution in [0, 0.1) is 0 Å².